The van der Waals surface area contributed by atoms with Gasteiger partial charge in [-0.3, -0.25) is 9.88 Å². The molecule has 1 N–H and O–H groups in total. The summed E-state index contributed by atoms with van der Waals surface area (Å²) in [5.74, 6) is 1.40. The molecule has 41 heavy (non-hydrogen) atoms. The number of fused-ring (bicyclic) bond motifs is 4. The largest absolute Gasteiger partial charge is 0.508 e. The van der Waals surface area contributed by atoms with Crippen molar-refractivity contribution in [2.24, 2.45) is 11.8 Å². The first-order valence-electron chi connectivity index (χ1n) is 14.3. The van der Waals surface area contributed by atoms with E-state index < -0.39 is 12.0 Å². The molecule has 0 amide bonds. The van der Waals surface area contributed by atoms with Crippen LogP contribution in [0.1, 0.15) is 32.1 Å². The van der Waals surface area contributed by atoms with E-state index in [1.54, 1.807) is 24.4 Å². The number of anilines is 1. The number of phenols is 1. The summed E-state index contributed by atoms with van der Waals surface area (Å²) in [5, 5.41) is 12.6. The fraction of sp³-hybridized carbons (Fsp3) is 0.452. The number of benzene rings is 2. The summed E-state index contributed by atoms with van der Waals surface area (Å²) >= 11 is 6.44. The second-order valence-electron chi connectivity index (χ2n) is 11.7. The molecule has 0 radical (unpaired) electrons. The van der Waals surface area contributed by atoms with Gasteiger partial charge in [0.05, 0.1) is 12.5 Å². The van der Waals surface area contributed by atoms with Crippen LogP contribution in [0.5, 0.6) is 11.8 Å². The van der Waals surface area contributed by atoms with Crippen molar-refractivity contribution in [3.8, 4) is 23.0 Å². The molecule has 4 fully saturated rings. The van der Waals surface area contributed by atoms with Gasteiger partial charge in [-0.05, 0) is 74.1 Å². The number of phenolic OH excluding ortho intramolecular Hbond substituents is 1. The Morgan fingerprint density at radius 2 is 1.88 bits per heavy atom. The maximum Gasteiger partial charge on any atom is 0.318 e. The summed E-state index contributed by atoms with van der Waals surface area (Å²) in [7, 11) is 1.47. The highest BCUT2D eigenvalue weighted by atomic mass is 35.5. The van der Waals surface area contributed by atoms with Gasteiger partial charge in [0.1, 0.15) is 28.9 Å². The van der Waals surface area contributed by atoms with Crippen molar-refractivity contribution in [2.75, 3.05) is 38.2 Å². The maximum absolute atomic E-state index is 15.9. The first kappa shape index (κ1) is 26.6. The molecule has 10 heteroatoms. The monoisotopic (exact) mass is 579 g/mol. The molecule has 8 rings (SSSR count). The lowest BCUT2D eigenvalue weighted by Crippen LogP contribution is -2.22. The number of halogens is 3. The van der Waals surface area contributed by atoms with Gasteiger partial charge in [-0.15, -0.1) is 0 Å². The van der Waals surface area contributed by atoms with Crippen LogP contribution >= 0.6 is 11.6 Å². The number of nitrogens with zero attached hydrogens (tertiary/aromatic N) is 5. The van der Waals surface area contributed by atoms with E-state index in [9.17, 15) is 9.50 Å². The Morgan fingerprint density at radius 3 is 2.61 bits per heavy atom. The van der Waals surface area contributed by atoms with Crippen LogP contribution in [0.3, 0.4) is 0 Å². The molecule has 4 atom stereocenters. The van der Waals surface area contributed by atoms with Crippen molar-refractivity contribution in [1.82, 2.24) is 19.9 Å². The van der Waals surface area contributed by atoms with E-state index in [0.29, 0.717) is 57.0 Å². The number of aromatic hydroxyl groups is 1. The molecular weight excluding hydrogens is 548 g/mol. The summed E-state index contributed by atoms with van der Waals surface area (Å²) in [6.07, 6.45) is 6.87. The quantitative estimate of drug-likeness (QED) is 0.301. The van der Waals surface area contributed by atoms with Crippen molar-refractivity contribution in [3.63, 3.8) is 0 Å². The van der Waals surface area contributed by atoms with Crippen LogP contribution in [0.4, 0.5) is 14.6 Å². The first-order chi connectivity index (χ1) is 19.9. The predicted molar refractivity (Wildman–Crippen MR) is 156 cm³/mol. The van der Waals surface area contributed by atoms with E-state index in [0.717, 1.165) is 26.1 Å². The minimum absolute atomic E-state index is 0.00422. The fourth-order valence-corrected chi connectivity index (χ4v) is 7.34. The van der Waals surface area contributed by atoms with E-state index in [4.69, 9.17) is 16.3 Å². The second kappa shape index (κ2) is 10.5. The number of hydrogen-bond donors (Lipinski definition) is 1. The number of aromatic nitrogens is 3. The average molecular weight is 580 g/mol. The Labute approximate surface area is 242 Å². The zero-order chi connectivity index (χ0) is 28.2. The van der Waals surface area contributed by atoms with Crippen LogP contribution in [-0.4, -0.2) is 70.5 Å². The van der Waals surface area contributed by atoms with Crippen LogP contribution < -0.4 is 9.64 Å². The Kier molecular flexibility index (Phi) is 6.82. The van der Waals surface area contributed by atoms with E-state index in [-0.39, 0.29) is 23.0 Å². The Hall–Kier alpha value is -3.30. The topological polar surface area (TPSA) is 74.6 Å². The first-order valence-corrected chi connectivity index (χ1v) is 14.7. The van der Waals surface area contributed by atoms with Crippen molar-refractivity contribution >= 4 is 39.1 Å². The number of alkyl halides is 1. The summed E-state index contributed by atoms with van der Waals surface area (Å²) < 4.78 is 33.9. The molecule has 1 aliphatic carbocycles. The van der Waals surface area contributed by atoms with Crippen LogP contribution in [0.15, 0.2) is 36.5 Å². The highest BCUT2D eigenvalue weighted by Crippen LogP contribution is 2.44. The molecular formula is C31H32ClF2N5O2. The summed E-state index contributed by atoms with van der Waals surface area (Å²) in [4.78, 5) is 17.8. The maximum atomic E-state index is 15.9. The summed E-state index contributed by atoms with van der Waals surface area (Å²) in [6.45, 7) is 3.65. The Morgan fingerprint density at radius 1 is 1.07 bits per heavy atom. The molecule has 214 valence electrons. The van der Waals surface area contributed by atoms with Gasteiger partial charge >= 0.3 is 6.01 Å². The van der Waals surface area contributed by atoms with E-state index in [2.05, 4.69) is 24.8 Å². The third-order valence-corrected chi connectivity index (χ3v) is 9.55. The Balaban J connectivity index is 0.000000260. The summed E-state index contributed by atoms with van der Waals surface area (Å²) in [5.41, 5.74) is 0.614. The van der Waals surface area contributed by atoms with Gasteiger partial charge in [-0.2, -0.15) is 9.97 Å². The third-order valence-electron chi connectivity index (χ3n) is 9.24. The fourth-order valence-electron chi connectivity index (χ4n) is 7.05. The molecule has 1 saturated carbocycles. The number of pyridine rings is 1. The SMILES string of the molecule is COc1nc(N2CC3CCC3C2)c2cnc(-c3cc(O)cc4cccc(Cl)c34)c(F)c2n1.FC1CC2CCCN2C1. The van der Waals surface area contributed by atoms with Gasteiger partial charge in [0, 0.05) is 47.8 Å². The third kappa shape index (κ3) is 4.73. The smallest absolute Gasteiger partial charge is 0.318 e. The molecule has 0 spiro atoms. The highest BCUT2D eigenvalue weighted by Gasteiger charge is 2.40. The second-order valence-corrected chi connectivity index (χ2v) is 12.1. The zero-order valence-corrected chi connectivity index (χ0v) is 23.6. The molecule has 7 nitrogen and oxygen atoms in total. The van der Waals surface area contributed by atoms with Gasteiger partial charge in [0.15, 0.2) is 5.82 Å². The van der Waals surface area contributed by atoms with Crippen molar-refractivity contribution in [2.45, 2.75) is 44.3 Å². The number of methoxy groups -OCH3 is 1. The summed E-state index contributed by atoms with van der Waals surface area (Å²) in [6, 6.07) is 9.12. The van der Waals surface area contributed by atoms with E-state index in [1.807, 2.05) is 6.07 Å². The van der Waals surface area contributed by atoms with E-state index in [1.165, 1.54) is 38.9 Å². The molecule has 3 aliphatic heterocycles. The predicted octanol–water partition coefficient (Wildman–Crippen LogP) is 6.39. The van der Waals surface area contributed by atoms with Gasteiger partial charge in [0.25, 0.3) is 0 Å². The van der Waals surface area contributed by atoms with Gasteiger partial charge in [-0.1, -0.05) is 23.7 Å². The van der Waals surface area contributed by atoms with Crippen molar-refractivity contribution in [1.29, 1.82) is 0 Å². The molecule has 2 aromatic heterocycles. The molecule has 5 heterocycles. The average Bonchev–Trinajstić information content (AvgIpc) is 3.61. The molecule has 4 aliphatic rings. The van der Waals surface area contributed by atoms with Gasteiger partial charge in [-0.25, -0.2) is 8.78 Å². The van der Waals surface area contributed by atoms with Crippen LogP contribution in [-0.2, 0) is 0 Å². The minimum atomic E-state index is -0.599. The number of rotatable bonds is 3. The highest BCUT2D eigenvalue weighted by molar-refractivity contribution is 6.36. The van der Waals surface area contributed by atoms with Crippen molar-refractivity contribution < 1.29 is 18.6 Å². The normalized spacial score (nSPS) is 25.1. The van der Waals surface area contributed by atoms with Gasteiger partial charge < -0.3 is 14.7 Å². The number of hydrogen-bond acceptors (Lipinski definition) is 7. The number of ether oxygens (including phenoxy) is 1. The zero-order valence-electron chi connectivity index (χ0n) is 22.9. The van der Waals surface area contributed by atoms with Crippen LogP contribution in [0, 0.1) is 17.7 Å². The lowest BCUT2D eigenvalue weighted by molar-refractivity contribution is 0.243. The minimum Gasteiger partial charge on any atom is -0.508 e. The molecule has 0 bridgehead atoms. The van der Waals surface area contributed by atoms with E-state index >= 15 is 4.39 Å². The van der Waals surface area contributed by atoms with Crippen LogP contribution in [0.2, 0.25) is 5.02 Å². The molecule has 2 aromatic carbocycles. The Bertz CT molecular complexity index is 1610. The van der Waals surface area contributed by atoms with Gasteiger partial charge in [0.2, 0.25) is 0 Å². The molecule has 4 unspecified atom stereocenters. The lowest BCUT2D eigenvalue weighted by atomic mass is 9.77. The van der Waals surface area contributed by atoms with Crippen molar-refractivity contribution in [3.05, 3.63) is 47.4 Å². The van der Waals surface area contributed by atoms with Crippen LogP contribution in [0.25, 0.3) is 32.9 Å². The molecule has 4 aromatic rings. The standard InChI is InChI=1S/C24H20ClFN4O2.C7H12FN/c1-32-24-28-22-17(23(29-24)30-10-13-5-6-14(13)11-30)9-27-21(20(22)26)16-8-15(31)7-12-3-2-4-18(25)19(12)16;8-6-4-7-2-1-3-9(7)5-6/h2-4,7-9,13-14,31H,5-6,10-11H2,1H3;6-7H,1-5H2. The molecule has 3 saturated heterocycles. The lowest BCUT2D eigenvalue weighted by Gasteiger charge is -2.27.